The molecule has 1 aliphatic heterocycles. The fourth-order valence-corrected chi connectivity index (χ4v) is 3.63. The Morgan fingerprint density at radius 2 is 1.81 bits per heavy atom. The van der Waals surface area contributed by atoms with Crippen LogP contribution in [-0.2, 0) is 13.0 Å². The van der Waals surface area contributed by atoms with Gasteiger partial charge in [0, 0.05) is 30.9 Å². The van der Waals surface area contributed by atoms with Crippen molar-refractivity contribution in [2.45, 2.75) is 19.9 Å². The number of nitrogens with one attached hydrogen (secondary N) is 1. The Morgan fingerprint density at radius 1 is 1.07 bits per heavy atom. The van der Waals surface area contributed by atoms with Crippen LogP contribution < -0.4 is 4.90 Å². The summed E-state index contributed by atoms with van der Waals surface area (Å²) in [7, 11) is 0. The SMILES string of the molecule is Cc1cc(C#N)c(F)cc1N1CCc2[nH]c(-c3c(F)cccc3F)cc2C1. The Kier molecular flexibility index (Phi) is 4.15. The molecule has 4 rings (SSSR count). The molecule has 6 heteroatoms. The summed E-state index contributed by atoms with van der Waals surface area (Å²) < 4.78 is 42.2. The number of aryl methyl sites for hydroxylation is 1. The van der Waals surface area contributed by atoms with Crippen LogP contribution in [0.5, 0.6) is 0 Å². The largest absolute Gasteiger partial charge is 0.366 e. The van der Waals surface area contributed by atoms with Crippen molar-refractivity contribution in [3.05, 3.63) is 76.2 Å². The maximum Gasteiger partial charge on any atom is 0.143 e. The lowest BCUT2D eigenvalue weighted by Crippen LogP contribution is -2.30. The molecule has 0 atom stereocenters. The molecule has 0 saturated carbocycles. The second-order valence-corrected chi connectivity index (χ2v) is 6.69. The van der Waals surface area contributed by atoms with Crippen molar-refractivity contribution in [2.75, 3.05) is 11.4 Å². The summed E-state index contributed by atoms with van der Waals surface area (Å²) in [5, 5.41) is 8.96. The van der Waals surface area contributed by atoms with Gasteiger partial charge in [-0.3, -0.25) is 0 Å². The molecule has 27 heavy (non-hydrogen) atoms. The van der Waals surface area contributed by atoms with Crippen molar-refractivity contribution in [3.63, 3.8) is 0 Å². The summed E-state index contributed by atoms with van der Waals surface area (Å²) in [5.74, 6) is -1.78. The van der Waals surface area contributed by atoms with Crippen LogP contribution in [0.3, 0.4) is 0 Å². The van der Waals surface area contributed by atoms with Crippen LogP contribution in [-0.4, -0.2) is 11.5 Å². The highest BCUT2D eigenvalue weighted by Gasteiger charge is 2.23. The van der Waals surface area contributed by atoms with Gasteiger partial charge in [0.1, 0.15) is 23.5 Å². The van der Waals surface area contributed by atoms with E-state index in [2.05, 4.69) is 4.98 Å². The fraction of sp³-hybridized carbons (Fsp3) is 0.190. The summed E-state index contributed by atoms with van der Waals surface area (Å²) in [4.78, 5) is 5.14. The van der Waals surface area contributed by atoms with E-state index in [-0.39, 0.29) is 11.1 Å². The molecule has 1 aliphatic rings. The van der Waals surface area contributed by atoms with Gasteiger partial charge >= 0.3 is 0 Å². The topological polar surface area (TPSA) is 42.8 Å². The zero-order chi connectivity index (χ0) is 19.1. The average molecular weight is 367 g/mol. The number of hydrogen-bond donors (Lipinski definition) is 1. The Bertz CT molecular complexity index is 1060. The van der Waals surface area contributed by atoms with E-state index in [0.717, 1.165) is 22.5 Å². The van der Waals surface area contributed by atoms with E-state index < -0.39 is 17.5 Å². The number of hydrogen-bond acceptors (Lipinski definition) is 2. The number of rotatable bonds is 2. The molecule has 0 radical (unpaired) electrons. The number of fused-ring (bicyclic) bond motifs is 1. The molecule has 0 fully saturated rings. The zero-order valence-corrected chi connectivity index (χ0v) is 14.6. The van der Waals surface area contributed by atoms with Crippen molar-refractivity contribution in [3.8, 4) is 17.3 Å². The highest BCUT2D eigenvalue weighted by molar-refractivity contribution is 5.65. The van der Waals surface area contributed by atoms with Crippen molar-refractivity contribution >= 4 is 5.69 Å². The van der Waals surface area contributed by atoms with Crippen LogP contribution in [0.1, 0.15) is 22.4 Å². The Labute approximate surface area is 154 Å². The molecule has 2 aromatic carbocycles. The average Bonchev–Trinajstić information content (AvgIpc) is 3.05. The van der Waals surface area contributed by atoms with Gasteiger partial charge in [0.15, 0.2) is 0 Å². The molecule has 0 unspecified atom stereocenters. The summed E-state index contributed by atoms with van der Waals surface area (Å²) in [6.45, 7) is 2.97. The lowest BCUT2D eigenvalue weighted by molar-refractivity contribution is 0.589. The van der Waals surface area contributed by atoms with Crippen LogP contribution >= 0.6 is 0 Å². The molecule has 1 aromatic heterocycles. The van der Waals surface area contributed by atoms with Gasteiger partial charge in [0.05, 0.1) is 16.8 Å². The van der Waals surface area contributed by atoms with E-state index >= 15 is 0 Å². The minimum absolute atomic E-state index is 0.0212. The van der Waals surface area contributed by atoms with Gasteiger partial charge in [0.2, 0.25) is 0 Å². The molecule has 0 spiro atoms. The molecule has 0 bridgehead atoms. The number of aromatic nitrogens is 1. The van der Waals surface area contributed by atoms with E-state index in [1.807, 2.05) is 17.9 Å². The monoisotopic (exact) mass is 367 g/mol. The third kappa shape index (κ3) is 2.95. The highest BCUT2D eigenvalue weighted by atomic mass is 19.1. The van der Waals surface area contributed by atoms with E-state index in [1.54, 1.807) is 6.07 Å². The van der Waals surface area contributed by atoms with Gasteiger partial charge < -0.3 is 9.88 Å². The predicted octanol–water partition coefficient (Wildman–Crippen LogP) is 4.84. The van der Waals surface area contributed by atoms with Gasteiger partial charge in [-0.25, -0.2) is 13.2 Å². The minimum Gasteiger partial charge on any atom is -0.366 e. The normalized spacial score (nSPS) is 13.4. The van der Waals surface area contributed by atoms with E-state index in [1.165, 1.54) is 30.3 Å². The smallest absolute Gasteiger partial charge is 0.143 e. The maximum absolute atomic E-state index is 14.1. The molecule has 3 nitrogen and oxygen atoms in total. The first kappa shape index (κ1) is 17.2. The maximum atomic E-state index is 14.1. The molecule has 0 aliphatic carbocycles. The summed E-state index contributed by atoms with van der Waals surface area (Å²) >= 11 is 0. The van der Waals surface area contributed by atoms with Crippen LogP contribution in [0.15, 0.2) is 36.4 Å². The molecular weight excluding hydrogens is 351 g/mol. The van der Waals surface area contributed by atoms with Crippen molar-refractivity contribution < 1.29 is 13.2 Å². The van der Waals surface area contributed by atoms with Crippen LogP contribution in [0.2, 0.25) is 0 Å². The summed E-state index contributed by atoms with van der Waals surface area (Å²) in [6, 6.07) is 10.3. The van der Waals surface area contributed by atoms with E-state index in [9.17, 15) is 13.2 Å². The van der Waals surface area contributed by atoms with E-state index in [4.69, 9.17) is 5.26 Å². The first-order chi connectivity index (χ1) is 13.0. The molecule has 1 N–H and O–H groups in total. The number of nitriles is 1. The minimum atomic E-state index is -0.615. The van der Waals surface area contributed by atoms with E-state index in [0.29, 0.717) is 25.2 Å². The lowest BCUT2D eigenvalue weighted by atomic mass is 10.0. The first-order valence-corrected chi connectivity index (χ1v) is 8.58. The first-order valence-electron chi connectivity index (χ1n) is 8.58. The van der Waals surface area contributed by atoms with Gasteiger partial charge in [-0.05, 0) is 48.4 Å². The molecule has 2 heterocycles. The van der Waals surface area contributed by atoms with Crippen LogP contribution in [0.4, 0.5) is 18.9 Å². The Hall–Kier alpha value is -3.20. The number of H-pyrrole nitrogens is 1. The highest BCUT2D eigenvalue weighted by Crippen LogP contribution is 2.33. The quantitative estimate of drug-likeness (QED) is 0.704. The van der Waals surface area contributed by atoms with Crippen molar-refractivity contribution in [2.24, 2.45) is 0 Å². The number of anilines is 1. The summed E-state index contributed by atoms with van der Waals surface area (Å²) in [5.41, 5.74) is 3.73. The Balaban J connectivity index is 1.68. The van der Waals surface area contributed by atoms with Crippen LogP contribution in [0.25, 0.3) is 11.3 Å². The van der Waals surface area contributed by atoms with Crippen molar-refractivity contribution in [1.82, 2.24) is 4.98 Å². The number of benzene rings is 2. The van der Waals surface area contributed by atoms with Crippen molar-refractivity contribution in [1.29, 1.82) is 5.26 Å². The summed E-state index contributed by atoms with van der Waals surface area (Å²) in [6.07, 6.45) is 0.645. The Morgan fingerprint density at radius 3 is 2.52 bits per heavy atom. The van der Waals surface area contributed by atoms with Crippen LogP contribution in [0, 0.1) is 35.7 Å². The number of aromatic amines is 1. The van der Waals surface area contributed by atoms with Gasteiger partial charge in [-0.1, -0.05) is 6.07 Å². The standard InChI is InChI=1S/C21H16F3N3/c1-12-7-13(10-25)17(24)9-20(12)27-6-5-18-14(11-27)8-19(26-18)21-15(22)3-2-4-16(21)23/h2-4,7-9,26H,5-6,11H2,1H3. The molecule has 3 aromatic rings. The third-order valence-corrected chi connectivity index (χ3v) is 4.96. The van der Waals surface area contributed by atoms with Gasteiger partial charge in [-0.15, -0.1) is 0 Å². The lowest BCUT2D eigenvalue weighted by Gasteiger charge is -2.30. The molecular formula is C21H16F3N3. The number of nitrogens with zero attached hydrogens (tertiary/aromatic N) is 2. The zero-order valence-electron chi connectivity index (χ0n) is 14.6. The van der Waals surface area contributed by atoms with Gasteiger partial charge in [0.25, 0.3) is 0 Å². The second-order valence-electron chi connectivity index (χ2n) is 6.69. The predicted molar refractivity (Wildman–Crippen MR) is 96.8 cm³/mol. The molecule has 136 valence electrons. The molecule has 0 saturated heterocycles. The second kappa shape index (κ2) is 6.51. The number of halogens is 3. The fourth-order valence-electron chi connectivity index (χ4n) is 3.63. The molecule has 0 amide bonds. The third-order valence-electron chi connectivity index (χ3n) is 4.96. The van der Waals surface area contributed by atoms with Gasteiger partial charge in [-0.2, -0.15) is 5.26 Å².